The molecule has 0 unspecified atom stereocenters. The van der Waals surface area contributed by atoms with Crippen LogP contribution in [-0.2, 0) is 10.3 Å². The van der Waals surface area contributed by atoms with Crippen molar-refractivity contribution in [3.05, 3.63) is 60.6 Å². The Kier molecular flexibility index (Phi) is 3.94. The summed E-state index contributed by atoms with van der Waals surface area (Å²) in [4.78, 5) is 16.6. The van der Waals surface area contributed by atoms with E-state index in [0.29, 0.717) is 19.2 Å². The van der Waals surface area contributed by atoms with E-state index in [2.05, 4.69) is 31.6 Å². The molecule has 1 fully saturated rings. The van der Waals surface area contributed by atoms with E-state index >= 15 is 0 Å². The van der Waals surface area contributed by atoms with Gasteiger partial charge in [0.05, 0.1) is 19.4 Å². The summed E-state index contributed by atoms with van der Waals surface area (Å²) >= 11 is 0. The van der Waals surface area contributed by atoms with E-state index in [4.69, 9.17) is 14.7 Å². The van der Waals surface area contributed by atoms with Crippen molar-refractivity contribution in [2.75, 3.05) is 24.7 Å². The maximum absolute atomic E-state index is 5.91. The molecule has 0 saturated carbocycles. The number of fused-ring (bicyclic) bond motifs is 6. The van der Waals surface area contributed by atoms with Crippen LogP contribution in [0.15, 0.2) is 48.9 Å². The molecule has 0 amide bonds. The molecule has 6 rings (SSSR count). The fourth-order valence-electron chi connectivity index (χ4n) is 4.68. The first-order chi connectivity index (χ1) is 15.2. The first-order valence-electron chi connectivity index (χ1n) is 10.5. The summed E-state index contributed by atoms with van der Waals surface area (Å²) in [7, 11) is 0. The Balaban J connectivity index is 1.55. The van der Waals surface area contributed by atoms with E-state index in [1.165, 1.54) is 0 Å². The molecule has 0 bridgehead atoms. The molecule has 1 aromatic carbocycles. The second-order valence-electron chi connectivity index (χ2n) is 7.86. The maximum atomic E-state index is 5.91. The number of ether oxygens (including phenoxy) is 1. The first-order valence-corrected chi connectivity index (χ1v) is 10.5. The van der Waals surface area contributed by atoms with Crippen molar-refractivity contribution in [2.24, 2.45) is 0 Å². The van der Waals surface area contributed by atoms with Crippen LogP contribution in [0.4, 0.5) is 5.82 Å². The van der Waals surface area contributed by atoms with Gasteiger partial charge in [0.2, 0.25) is 5.95 Å². The number of benzene rings is 1. The number of nitrogens with zero attached hydrogens (tertiary/aromatic N) is 8. The number of aromatic nitrogens is 7. The van der Waals surface area contributed by atoms with Crippen LogP contribution in [0.2, 0.25) is 0 Å². The topological polar surface area (TPSA) is 86.8 Å². The third-order valence-electron chi connectivity index (χ3n) is 6.26. The molecule has 2 aliphatic heterocycles. The molecule has 9 heteroatoms. The maximum Gasteiger partial charge on any atom is 0.237 e. The number of rotatable bonds is 3. The highest BCUT2D eigenvalue weighted by Gasteiger charge is 2.49. The first kappa shape index (κ1) is 18.2. The van der Waals surface area contributed by atoms with Crippen LogP contribution < -0.4 is 4.90 Å². The minimum atomic E-state index is -0.394. The number of morpholine rings is 1. The second kappa shape index (κ2) is 6.71. The molecule has 0 N–H and O–H groups in total. The van der Waals surface area contributed by atoms with Gasteiger partial charge in [-0.25, -0.2) is 9.97 Å². The zero-order chi connectivity index (χ0) is 21.0. The molecule has 156 valence electrons. The molecule has 31 heavy (non-hydrogen) atoms. The van der Waals surface area contributed by atoms with Crippen molar-refractivity contribution >= 4 is 5.82 Å². The number of anilines is 1. The van der Waals surface area contributed by atoms with E-state index < -0.39 is 5.54 Å². The molecule has 0 spiro atoms. The Labute approximate surface area is 179 Å². The summed E-state index contributed by atoms with van der Waals surface area (Å²) < 4.78 is 9.91. The van der Waals surface area contributed by atoms with E-state index in [9.17, 15) is 0 Å². The fraction of sp³-hybridized carbons (Fsp3) is 0.318. The summed E-state index contributed by atoms with van der Waals surface area (Å²) in [6, 6.07) is 10.1. The van der Waals surface area contributed by atoms with Crippen LogP contribution >= 0.6 is 0 Å². The molecule has 3 aromatic heterocycles. The van der Waals surface area contributed by atoms with Crippen molar-refractivity contribution in [3.63, 3.8) is 0 Å². The largest absolute Gasteiger partial charge is 0.377 e. The molecule has 5 heterocycles. The summed E-state index contributed by atoms with van der Waals surface area (Å²) in [6.07, 6.45) is 6.37. The minimum absolute atomic E-state index is 0.394. The standard InChI is InChI=1S/C22H22N8O/c1-3-22-14-31-12-11-29(22)19-17(30-15(2)26-27-20(22)30)13-24-21(25-19)28-10-9-23-18(28)16-7-5-4-6-8-16/h4-10,13H,3,11-12,14H2,1-2H3/t22-/m0/s1. The molecular formula is C22H22N8O. The number of aryl methyl sites for hydroxylation is 1. The Hall–Kier alpha value is -3.59. The quantitative estimate of drug-likeness (QED) is 0.509. The average molecular weight is 414 g/mol. The summed E-state index contributed by atoms with van der Waals surface area (Å²) in [5.41, 5.74) is 1.52. The van der Waals surface area contributed by atoms with Gasteiger partial charge in [0, 0.05) is 24.5 Å². The molecular weight excluding hydrogens is 392 g/mol. The lowest BCUT2D eigenvalue weighted by Gasteiger charge is -2.49. The summed E-state index contributed by atoms with van der Waals surface area (Å²) in [6.45, 7) is 6.06. The molecule has 2 aliphatic rings. The van der Waals surface area contributed by atoms with Gasteiger partial charge in [0.15, 0.2) is 11.6 Å². The molecule has 0 aliphatic carbocycles. The SMILES string of the molecule is CC[C@@]12COCCN1c1nc(-n3ccnc3-c3ccccc3)ncc1-n1c(C)nnc12. The van der Waals surface area contributed by atoms with E-state index in [1.807, 2.05) is 54.2 Å². The number of hydrogen-bond acceptors (Lipinski definition) is 7. The molecule has 9 nitrogen and oxygen atoms in total. The van der Waals surface area contributed by atoms with Crippen molar-refractivity contribution in [1.82, 2.24) is 34.3 Å². The molecule has 1 atom stereocenters. The van der Waals surface area contributed by atoms with Gasteiger partial charge < -0.3 is 9.64 Å². The zero-order valence-electron chi connectivity index (χ0n) is 17.4. The highest BCUT2D eigenvalue weighted by atomic mass is 16.5. The minimum Gasteiger partial charge on any atom is -0.377 e. The lowest BCUT2D eigenvalue weighted by atomic mass is 9.90. The van der Waals surface area contributed by atoms with Crippen LogP contribution in [0.3, 0.4) is 0 Å². The molecule has 1 saturated heterocycles. The van der Waals surface area contributed by atoms with Crippen molar-refractivity contribution in [3.8, 4) is 23.0 Å². The van der Waals surface area contributed by atoms with Gasteiger partial charge in [-0.15, -0.1) is 10.2 Å². The van der Waals surface area contributed by atoms with E-state index in [0.717, 1.165) is 47.5 Å². The Morgan fingerprint density at radius 1 is 1.13 bits per heavy atom. The van der Waals surface area contributed by atoms with Gasteiger partial charge in [-0.3, -0.25) is 9.13 Å². The van der Waals surface area contributed by atoms with E-state index in [-0.39, 0.29) is 0 Å². The monoisotopic (exact) mass is 414 g/mol. The molecule has 4 aromatic rings. The average Bonchev–Trinajstić information content (AvgIpc) is 3.47. The van der Waals surface area contributed by atoms with Crippen LogP contribution in [0.25, 0.3) is 23.0 Å². The number of imidazole rings is 1. The second-order valence-corrected chi connectivity index (χ2v) is 7.86. The Morgan fingerprint density at radius 2 is 2.00 bits per heavy atom. The van der Waals surface area contributed by atoms with Gasteiger partial charge in [0.1, 0.15) is 22.9 Å². The van der Waals surface area contributed by atoms with Crippen molar-refractivity contribution in [1.29, 1.82) is 0 Å². The van der Waals surface area contributed by atoms with Crippen molar-refractivity contribution < 1.29 is 4.74 Å². The lowest BCUT2D eigenvalue weighted by Crippen LogP contribution is -2.58. The lowest BCUT2D eigenvalue weighted by molar-refractivity contribution is 0.0390. The molecule has 0 radical (unpaired) electrons. The third-order valence-corrected chi connectivity index (χ3v) is 6.26. The predicted octanol–water partition coefficient (Wildman–Crippen LogP) is 2.67. The highest BCUT2D eigenvalue weighted by Crippen LogP contribution is 2.44. The Morgan fingerprint density at radius 3 is 2.84 bits per heavy atom. The zero-order valence-corrected chi connectivity index (χ0v) is 17.4. The van der Waals surface area contributed by atoms with Crippen molar-refractivity contribution in [2.45, 2.75) is 25.8 Å². The van der Waals surface area contributed by atoms with E-state index in [1.54, 1.807) is 6.20 Å². The Bertz CT molecular complexity index is 1260. The van der Waals surface area contributed by atoms with Gasteiger partial charge >= 0.3 is 0 Å². The smallest absolute Gasteiger partial charge is 0.237 e. The van der Waals surface area contributed by atoms with Gasteiger partial charge in [0.25, 0.3) is 0 Å². The van der Waals surface area contributed by atoms with Gasteiger partial charge in [-0.1, -0.05) is 37.3 Å². The normalized spacial score (nSPS) is 19.6. The van der Waals surface area contributed by atoms with Crippen LogP contribution in [0.1, 0.15) is 25.0 Å². The van der Waals surface area contributed by atoms with Crippen LogP contribution in [0.5, 0.6) is 0 Å². The highest BCUT2D eigenvalue weighted by molar-refractivity contribution is 5.65. The van der Waals surface area contributed by atoms with Gasteiger partial charge in [-0.2, -0.15) is 4.98 Å². The summed E-state index contributed by atoms with van der Waals surface area (Å²) in [5.74, 6) is 3.97. The van der Waals surface area contributed by atoms with Crippen LogP contribution in [-0.4, -0.2) is 54.0 Å². The summed E-state index contributed by atoms with van der Waals surface area (Å²) in [5, 5.41) is 8.90. The third kappa shape index (κ3) is 2.50. The predicted molar refractivity (Wildman–Crippen MR) is 114 cm³/mol. The fourth-order valence-corrected chi connectivity index (χ4v) is 4.68. The number of hydrogen-bond donors (Lipinski definition) is 0. The van der Waals surface area contributed by atoms with Gasteiger partial charge in [-0.05, 0) is 13.3 Å². The van der Waals surface area contributed by atoms with Crippen LogP contribution in [0, 0.1) is 6.92 Å².